The van der Waals surface area contributed by atoms with Crippen LogP contribution in [0.25, 0.3) is 0 Å². The number of halogens is 2. The lowest BCUT2D eigenvalue weighted by molar-refractivity contribution is 0.313. The highest BCUT2D eigenvalue weighted by molar-refractivity contribution is 9.10. The second-order valence-electron chi connectivity index (χ2n) is 5.34. The number of hydrogen-bond acceptors (Lipinski definition) is 4. The van der Waals surface area contributed by atoms with Crippen LogP contribution in [0.5, 0.6) is 0 Å². The van der Waals surface area contributed by atoms with Gasteiger partial charge in [0.25, 0.3) is 0 Å². The first-order chi connectivity index (χ1) is 9.79. The highest BCUT2D eigenvalue weighted by Crippen LogP contribution is 2.31. The van der Waals surface area contributed by atoms with Crippen molar-refractivity contribution in [1.29, 1.82) is 0 Å². The Balaban J connectivity index is 2.14. The third-order valence-electron chi connectivity index (χ3n) is 3.41. The van der Waals surface area contributed by atoms with E-state index in [0.717, 1.165) is 13.1 Å². The van der Waals surface area contributed by atoms with E-state index in [1.54, 1.807) is 0 Å². The fraction of sp³-hybridized carbons (Fsp3) is 0.538. The van der Waals surface area contributed by atoms with E-state index in [1.165, 1.54) is 25.0 Å². The molecule has 0 saturated carbocycles. The van der Waals surface area contributed by atoms with Crippen LogP contribution in [0.4, 0.5) is 5.69 Å². The second-order valence-corrected chi connectivity index (χ2v) is 8.25. The Morgan fingerprint density at radius 3 is 2.67 bits per heavy atom. The molecule has 3 N–H and O–H groups in total. The van der Waals surface area contributed by atoms with Crippen LogP contribution in [0.2, 0.25) is 5.02 Å². The summed E-state index contributed by atoms with van der Waals surface area (Å²) in [4.78, 5) is 2.33. The van der Waals surface area contributed by atoms with Gasteiger partial charge in [-0.1, -0.05) is 11.6 Å². The molecule has 0 amide bonds. The normalized spacial score (nSPS) is 18.0. The van der Waals surface area contributed by atoms with Gasteiger partial charge < -0.3 is 10.6 Å². The highest BCUT2D eigenvalue weighted by Gasteiger charge is 2.24. The van der Waals surface area contributed by atoms with E-state index in [9.17, 15) is 8.42 Å². The fourth-order valence-electron chi connectivity index (χ4n) is 2.50. The standard InChI is InChI=1S/C13H19BrClN3O2S/c1-9(8-18-4-2-3-5-18)17-21(19,20)12-7-10(15)6-11(16)13(12)14/h6-7,9,17H,2-5,8,16H2,1H3. The Morgan fingerprint density at radius 1 is 1.43 bits per heavy atom. The largest absolute Gasteiger partial charge is 0.398 e. The van der Waals surface area contributed by atoms with Gasteiger partial charge in [-0.15, -0.1) is 0 Å². The first-order valence-corrected chi connectivity index (χ1v) is 9.44. The zero-order valence-electron chi connectivity index (χ0n) is 11.8. The number of anilines is 1. The SMILES string of the molecule is CC(CN1CCCC1)NS(=O)(=O)c1cc(Cl)cc(N)c1Br. The number of hydrogen-bond donors (Lipinski definition) is 2. The summed E-state index contributed by atoms with van der Waals surface area (Å²) in [5.74, 6) is 0. The highest BCUT2D eigenvalue weighted by atomic mass is 79.9. The minimum atomic E-state index is -3.66. The van der Waals surface area contributed by atoms with Crippen LogP contribution in [0.15, 0.2) is 21.5 Å². The molecule has 1 aromatic carbocycles. The molecular formula is C13H19BrClN3O2S. The molecule has 0 radical (unpaired) electrons. The zero-order chi connectivity index (χ0) is 15.6. The fourth-order valence-corrected chi connectivity index (χ4v) is 5.02. The van der Waals surface area contributed by atoms with Crippen molar-refractivity contribution in [3.63, 3.8) is 0 Å². The zero-order valence-corrected chi connectivity index (χ0v) is 14.9. The van der Waals surface area contributed by atoms with Crippen LogP contribution in [-0.2, 0) is 10.0 Å². The van der Waals surface area contributed by atoms with E-state index < -0.39 is 10.0 Å². The molecule has 0 bridgehead atoms. The van der Waals surface area contributed by atoms with Gasteiger partial charge in [-0.3, -0.25) is 0 Å². The van der Waals surface area contributed by atoms with Gasteiger partial charge in [0.1, 0.15) is 0 Å². The molecule has 1 fully saturated rings. The van der Waals surface area contributed by atoms with Crippen molar-refractivity contribution in [2.75, 3.05) is 25.4 Å². The predicted molar refractivity (Wildman–Crippen MR) is 89.0 cm³/mol. The smallest absolute Gasteiger partial charge is 0.242 e. The van der Waals surface area contributed by atoms with Crippen molar-refractivity contribution in [1.82, 2.24) is 9.62 Å². The number of nitrogens with two attached hydrogens (primary N) is 1. The number of nitrogens with zero attached hydrogens (tertiary/aromatic N) is 1. The summed E-state index contributed by atoms with van der Waals surface area (Å²) in [5, 5.41) is 0.295. The van der Waals surface area contributed by atoms with Gasteiger partial charge in [-0.25, -0.2) is 13.1 Å². The third-order valence-corrected chi connectivity index (χ3v) is 6.39. The van der Waals surface area contributed by atoms with E-state index in [2.05, 4.69) is 25.6 Å². The molecule has 1 aromatic rings. The summed E-state index contributed by atoms with van der Waals surface area (Å²) < 4.78 is 28.0. The monoisotopic (exact) mass is 395 g/mol. The summed E-state index contributed by atoms with van der Waals surface area (Å²) in [7, 11) is -3.66. The van der Waals surface area contributed by atoms with Gasteiger partial charge >= 0.3 is 0 Å². The Hall–Kier alpha value is -0.340. The maximum absolute atomic E-state index is 12.5. The van der Waals surface area contributed by atoms with Gasteiger partial charge in [0.2, 0.25) is 10.0 Å². The lowest BCUT2D eigenvalue weighted by atomic mass is 10.3. The molecule has 0 aromatic heterocycles. The molecule has 1 saturated heterocycles. The average Bonchev–Trinajstić information content (AvgIpc) is 2.85. The Morgan fingerprint density at radius 2 is 2.05 bits per heavy atom. The van der Waals surface area contributed by atoms with Gasteiger partial charge in [0.15, 0.2) is 0 Å². The molecule has 1 heterocycles. The van der Waals surface area contributed by atoms with Crippen LogP contribution in [0.1, 0.15) is 19.8 Å². The summed E-state index contributed by atoms with van der Waals surface area (Å²) in [5.41, 5.74) is 6.05. The van der Waals surface area contributed by atoms with Gasteiger partial charge in [-0.05, 0) is 60.9 Å². The van der Waals surface area contributed by atoms with Crippen molar-refractivity contribution >= 4 is 43.2 Å². The lowest BCUT2D eigenvalue weighted by Crippen LogP contribution is -2.41. The van der Waals surface area contributed by atoms with Crippen molar-refractivity contribution in [2.24, 2.45) is 0 Å². The van der Waals surface area contributed by atoms with Crippen LogP contribution < -0.4 is 10.5 Å². The van der Waals surface area contributed by atoms with E-state index in [1.807, 2.05) is 6.92 Å². The van der Waals surface area contributed by atoms with Gasteiger partial charge in [-0.2, -0.15) is 0 Å². The molecule has 1 unspecified atom stereocenters. The quantitative estimate of drug-likeness (QED) is 0.750. The first kappa shape index (κ1) is 17.0. The number of likely N-dealkylation sites (tertiary alicyclic amines) is 1. The predicted octanol–water partition coefficient (Wildman–Crippen LogP) is 2.45. The Bertz CT molecular complexity index is 618. The molecule has 8 heteroatoms. The topological polar surface area (TPSA) is 75.4 Å². The summed E-state index contributed by atoms with van der Waals surface area (Å²) >= 11 is 9.12. The average molecular weight is 397 g/mol. The summed E-state index contributed by atoms with van der Waals surface area (Å²) in [6.07, 6.45) is 2.35. The third kappa shape index (κ3) is 4.32. The van der Waals surface area contributed by atoms with Gasteiger partial charge in [0, 0.05) is 23.3 Å². The number of nitrogen functional groups attached to an aromatic ring is 1. The number of rotatable bonds is 5. The number of benzene rings is 1. The maximum Gasteiger partial charge on any atom is 0.242 e. The molecule has 5 nitrogen and oxygen atoms in total. The van der Waals surface area contributed by atoms with Crippen LogP contribution >= 0.6 is 27.5 Å². The number of sulfonamides is 1. The number of nitrogens with one attached hydrogen (secondary N) is 1. The van der Waals surface area contributed by atoms with Gasteiger partial charge in [0.05, 0.1) is 9.37 Å². The van der Waals surface area contributed by atoms with Crippen LogP contribution in [0.3, 0.4) is 0 Å². The molecule has 1 aliphatic heterocycles. The second kappa shape index (κ2) is 6.83. The van der Waals surface area contributed by atoms with E-state index in [4.69, 9.17) is 17.3 Å². The minimum Gasteiger partial charge on any atom is -0.398 e. The molecule has 1 aliphatic rings. The van der Waals surface area contributed by atoms with E-state index in [-0.39, 0.29) is 10.9 Å². The lowest BCUT2D eigenvalue weighted by Gasteiger charge is -2.21. The molecular weight excluding hydrogens is 378 g/mol. The molecule has 0 spiro atoms. The first-order valence-electron chi connectivity index (χ1n) is 6.79. The van der Waals surface area contributed by atoms with Crippen molar-refractivity contribution in [3.8, 4) is 0 Å². The van der Waals surface area contributed by atoms with Crippen LogP contribution in [-0.4, -0.2) is 39.0 Å². The summed E-state index contributed by atoms with van der Waals surface area (Å²) in [6, 6.07) is 2.73. The Labute approximate surface area is 139 Å². The van der Waals surface area contributed by atoms with Crippen molar-refractivity contribution in [2.45, 2.75) is 30.7 Å². The minimum absolute atomic E-state index is 0.0702. The Kier molecular flexibility index (Phi) is 5.54. The van der Waals surface area contributed by atoms with Crippen molar-refractivity contribution in [3.05, 3.63) is 21.6 Å². The van der Waals surface area contributed by atoms with E-state index in [0.29, 0.717) is 21.7 Å². The maximum atomic E-state index is 12.5. The van der Waals surface area contributed by atoms with Crippen molar-refractivity contribution < 1.29 is 8.42 Å². The summed E-state index contributed by atoms with van der Waals surface area (Å²) in [6.45, 7) is 4.62. The molecule has 0 aliphatic carbocycles. The molecule has 1 atom stereocenters. The molecule has 21 heavy (non-hydrogen) atoms. The van der Waals surface area contributed by atoms with Crippen LogP contribution in [0, 0.1) is 0 Å². The van der Waals surface area contributed by atoms with E-state index >= 15 is 0 Å². The molecule has 2 rings (SSSR count). The molecule has 118 valence electrons.